The van der Waals surface area contributed by atoms with Gasteiger partial charge in [0, 0.05) is 18.4 Å². The molecule has 0 unspecified atom stereocenters. The first-order valence-corrected chi connectivity index (χ1v) is 6.01. The van der Waals surface area contributed by atoms with E-state index in [1.54, 1.807) is 6.07 Å². The monoisotopic (exact) mass is 201 g/mol. The fourth-order valence-electron chi connectivity index (χ4n) is 1.03. The van der Waals surface area contributed by atoms with Gasteiger partial charge in [0.15, 0.2) is 5.88 Å². The molecule has 1 aromatic rings. The molecule has 13 heavy (non-hydrogen) atoms. The van der Waals surface area contributed by atoms with E-state index in [9.17, 15) is 8.42 Å². The summed E-state index contributed by atoms with van der Waals surface area (Å²) in [6, 6.07) is 3.59. The molecule has 0 spiro atoms. The van der Waals surface area contributed by atoms with Crippen LogP contribution in [0.25, 0.3) is 0 Å². The lowest BCUT2D eigenvalue weighted by atomic mass is 10.6. The van der Waals surface area contributed by atoms with Gasteiger partial charge in [0.2, 0.25) is 14.9 Å². The Morgan fingerprint density at radius 2 is 2.15 bits per heavy atom. The second-order valence-corrected chi connectivity index (χ2v) is 5.26. The molecule has 0 saturated heterocycles. The summed E-state index contributed by atoms with van der Waals surface area (Å²) in [5.41, 5.74) is 0. The fourth-order valence-corrected chi connectivity index (χ4v) is 1.58. The quantitative estimate of drug-likeness (QED) is 0.799. The molecule has 0 atom stereocenters. The van der Waals surface area contributed by atoms with Crippen LogP contribution in [0.4, 0.5) is 5.88 Å². The summed E-state index contributed by atoms with van der Waals surface area (Å²) in [5.74, 6) is 0.544. The third kappa shape index (κ3) is 2.03. The van der Waals surface area contributed by atoms with Crippen molar-refractivity contribution in [2.75, 3.05) is 11.6 Å². The molecule has 0 aromatic carbocycles. The van der Waals surface area contributed by atoms with E-state index in [2.05, 4.69) is 5.32 Å². The highest BCUT2D eigenvalue weighted by Crippen LogP contribution is 2.26. The molecule has 1 aliphatic rings. The third-order valence-electron chi connectivity index (χ3n) is 1.87. The van der Waals surface area contributed by atoms with E-state index in [4.69, 9.17) is 4.42 Å². The van der Waals surface area contributed by atoms with Gasteiger partial charge in [-0.15, -0.1) is 0 Å². The van der Waals surface area contributed by atoms with Crippen LogP contribution < -0.4 is 5.32 Å². The molecule has 0 radical (unpaired) electrons. The number of furan rings is 1. The smallest absolute Gasteiger partial charge is 0.220 e. The van der Waals surface area contributed by atoms with Gasteiger partial charge in [0.25, 0.3) is 0 Å². The van der Waals surface area contributed by atoms with Crippen LogP contribution in [0, 0.1) is 0 Å². The number of hydrogen-bond acceptors (Lipinski definition) is 4. The van der Waals surface area contributed by atoms with Crippen LogP contribution in [0.1, 0.15) is 12.8 Å². The average Bonchev–Trinajstić information content (AvgIpc) is 2.63. The summed E-state index contributed by atoms with van der Waals surface area (Å²) >= 11 is 0. The molecule has 72 valence electrons. The van der Waals surface area contributed by atoms with Crippen LogP contribution in [-0.2, 0) is 9.84 Å². The topological polar surface area (TPSA) is 59.3 Å². The predicted molar refractivity (Wildman–Crippen MR) is 48.5 cm³/mol. The van der Waals surface area contributed by atoms with E-state index >= 15 is 0 Å². The molecule has 1 heterocycles. The van der Waals surface area contributed by atoms with E-state index in [1.807, 2.05) is 0 Å². The molecule has 1 saturated carbocycles. The maximum Gasteiger partial charge on any atom is 0.220 e. The van der Waals surface area contributed by atoms with Crippen molar-refractivity contribution in [3.63, 3.8) is 0 Å². The fraction of sp³-hybridized carbons (Fsp3) is 0.500. The van der Waals surface area contributed by atoms with Crippen molar-refractivity contribution in [2.24, 2.45) is 0 Å². The van der Waals surface area contributed by atoms with Gasteiger partial charge in [-0.2, -0.15) is 0 Å². The summed E-state index contributed by atoms with van der Waals surface area (Å²) in [7, 11) is -3.20. The number of rotatable bonds is 3. The van der Waals surface area contributed by atoms with Crippen LogP contribution >= 0.6 is 0 Å². The predicted octanol–water partition coefficient (Wildman–Crippen LogP) is 1.26. The molecule has 2 rings (SSSR count). The van der Waals surface area contributed by atoms with E-state index in [0.29, 0.717) is 11.9 Å². The van der Waals surface area contributed by atoms with Crippen molar-refractivity contribution in [3.8, 4) is 0 Å². The zero-order valence-electron chi connectivity index (χ0n) is 7.28. The van der Waals surface area contributed by atoms with Crippen LogP contribution in [-0.4, -0.2) is 20.7 Å². The van der Waals surface area contributed by atoms with Gasteiger partial charge in [0.1, 0.15) is 0 Å². The Balaban J connectivity index is 2.17. The summed E-state index contributed by atoms with van der Waals surface area (Å²) in [6.45, 7) is 0. The number of nitrogens with one attached hydrogen (secondary N) is 1. The largest absolute Gasteiger partial charge is 0.429 e. The molecule has 4 nitrogen and oxygen atoms in total. The van der Waals surface area contributed by atoms with Crippen LogP contribution in [0.2, 0.25) is 0 Å². The maximum atomic E-state index is 11.0. The first-order valence-electron chi connectivity index (χ1n) is 4.12. The minimum atomic E-state index is -3.20. The van der Waals surface area contributed by atoms with Crippen molar-refractivity contribution >= 4 is 15.7 Å². The third-order valence-corrected chi connectivity index (χ3v) is 2.82. The second-order valence-electron chi connectivity index (χ2n) is 3.31. The van der Waals surface area contributed by atoms with Gasteiger partial charge >= 0.3 is 0 Å². The normalized spacial score (nSPS) is 17.3. The molecule has 1 fully saturated rings. The highest BCUT2D eigenvalue weighted by Gasteiger charge is 2.22. The molecule has 1 aromatic heterocycles. The summed E-state index contributed by atoms with van der Waals surface area (Å²) in [4.78, 5) is 0. The molecule has 1 N–H and O–H groups in total. The first kappa shape index (κ1) is 8.62. The van der Waals surface area contributed by atoms with Crippen molar-refractivity contribution in [2.45, 2.75) is 24.0 Å². The molecule has 0 aliphatic heterocycles. The molecule has 0 bridgehead atoms. The standard InChI is InChI=1S/C8H11NO3S/c1-13(10,11)8-5-4-7(12-8)9-6-2-3-6/h4-6,9H,2-3H2,1H3. The molecular weight excluding hydrogens is 190 g/mol. The van der Waals surface area contributed by atoms with Crippen molar-refractivity contribution in [3.05, 3.63) is 12.1 Å². The van der Waals surface area contributed by atoms with E-state index in [1.165, 1.54) is 6.07 Å². The zero-order chi connectivity index (χ0) is 9.47. The number of hydrogen-bond donors (Lipinski definition) is 1. The summed E-state index contributed by atoms with van der Waals surface area (Å²) < 4.78 is 27.2. The van der Waals surface area contributed by atoms with Gasteiger partial charge in [-0.05, 0) is 18.9 Å². The molecular formula is C8H11NO3S. The van der Waals surface area contributed by atoms with Crippen LogP contribution in [0.5, 0.6) is 0 Å². The maximum absolute atomic E-state index is 11.0. The van der Waals surface area contributed by atoms with Gasteiger partial charge in [-0.3, -0.25) is 0 Å². The molecule has 1 aliphatic carbocycles. The van der Waals surface area contributed by atoms with Gasteiger partial charge < -0.3 is 9.73 Å². The lowest BCUT2D eigenvalue weighted by Gasteiger charge is -1.97. The SMILES string of the molecule is CS(=O)(=O)c1ccc(NC2CC2)o1. The highest BCUT2D eigenvalue weighted by atomic mass is 32.2. The Morgan fingerprint density at radius 1 is 1.46 bits per heavy atom. The van der Waals surface area contributed by atoms with Gasteiger partial charge in [-0.1, -0.05) is 0 Å². The zero-order valence-corrected chi connectivity index (χ0v) is 8.10. The lowest BCUT2D eigenvalue weighted by molar-refractivity contribution is 0.462. The number of sulfone groups is 1. The van der Waals surface area contributed by atoms with Crippen molar-refractivity contribution in [1.29, 1.82) is 0 Å². The van der Waals surface area contributed by atoms with Crippen LogP contribution in [0.15, 0.2) is 21.6 Å². The highest BCUT2D eigenvalue weighted by molar-refractivity contribution is 7.90. The second kappa shape index (κ2) is 2.77. The Hall–Kier alpha value is -0.970. The van der Waals surface area contributed by atoms with Crippen LogP contribution in [0.3, 0.4) is 0 Å². The minimum absolute atomic E-state index is 0.0238. The van der Waals surface area contributed by atoms with Gasteiger partial charge in [0.05, 0.1) is 0 Å². The van der Waals surface area contributed by atoms with E-state index < -0.39 is 9.84 Å². The minimum Gasteiger partial charge on any atom is -0.429 e. The lowest BCUT2D eigenvalue weighted by Crippen LogP contribution is -1.99. The first-order chi connectivity index (χ1) is 6.05. The van der Waals surface area contributed by atoms with Gasteiger partial charge in [-0.25, -0.2) is 8.42 Å². The summed E-state index contributed by atoms with van der Waals surface area (Å²) in [6.07, 6.45) is 3.40. The molecule has 5 heteroatoms. The van der Waals surface area contributed by atoms with E-state index in [-0.39, 0.29) is 5.09 Å². The Morgan fingerprint density at radius 3 is 2.62 bits per heavy atom. The Bertz CT molecular complexity index is 403. The van der Waals surface area contributed by atoms with E-state index in [0.717, 1.165) is 19.1 Å². The van der Waals surface area contributed by atoms with Crippen molar-refractivity contribution < 1.29 is 12.8 Å². The Kier molecular flexibility index (Phi) is 1.83. The summed E-state index contributed by atoms with van der Waals surface area (Å²) in [5, 5.41) is 3.10. The number of anilines is 1. The van der Waals surface area contributed by atoms with Crippen molar-refractivity contribution in [1.82, 2.24) is 0 Å². The Labute approximate surface area is 76.9 Å². The molecule has 0 amide bonds. The average molecular weight is 201 g/mol.